The molecule has 0 N–H and O–H groups in total. The zero-order valence-electron chi connectivity index (χ0n) is 14.8. The van der Waals surface area contributed by atoms with Gasteiger partial charge in [0, 0.05) is 29.3 Å². The van der Waals surface area contributed by atoms with Gasteiger partial charge in [-0.3, -0.25) is 4.90 Å². The first-order chi connectivity index (χ1) is 12.7. The van der Waals surface area contributed by atoms with Gasteiger partial charge in [-0.1, -0.05) is 54.7 Å². The van der Waals surface area contributed by atoms with Crippen LogP contribution in [-0.2, 0) is 19.6 Å². The molecule has 132 valence electrons. The molecule has 0 aliphatic carbocycles. The van der Waals surface area contributed by atoms with Crippen molar-refractivity contribution in [3.05, 3.63) is 64.5 Å². The van der Waals surface area contributed by atoms with Crippen LogP contribution in [0, 0.1) is 4.64 Å². The fourth-order valence-corrected chi connectivity index (χ4v) is 3.54. The van der Waals surface area contributed by atoms with E-state index in [-0.39, 0.29) is 0 Å². The Morgan fingerprint density at radius 3 is 2.62 bits per heavy atom. The summed E-state index contributed by atoms with van der Waals surface area (Å²) in [4.78, 5) is 2.18. The molecule has 0 spiro atoms. The summed E-state index contributed by atoms with van der Waals surface area (Å²) in [6.45, 7) is 3.45. The van der Waals surface area contributed by atoms with Gasteiger partial charge in [0.15, 0.2) is 0 Å². The van der Waals surface area contributed by atoms with Crippen LogP contribution in [0.4, 0.5) is 0 Å². The minimum atomic E-state index is 0.569. The second-order valence-corrected chi connectivity index (χ2v) is 6.81. The molecule has 4 rings (SSSR count). The smallest absolute Gasteiger partial charge is 0.135 e. The minimum absolute atomic E-state index is 0.569. The zero-order chi connectivity index (χ0) is 18.1. The predicted molar refractivity (Wildman–Crippen MR) is 105 cm³/mol. The molecule has 6 heteroatoms. The van der Waals surface area contributed by atoms with Crippen LogP contribution in [-0.4, -0.2) is 26.9 Å². The monoisotopic (exact) mass is 364 g/mol. The van der Waals surface area contributed by atoms with Crippen molar-refractivity contribution in [2.45, 2.75) is 26.6 Å². The summed E-state index contributed by atoms with van der Waals surface area (Å²) < 4.78 is 8.47. The van der Waals surface area contributed by atoms with Gasteiger partial charge in [0.25, 0.3) is 0 Å². The number of furan rings is 1. The second kappa shape index (κ2) is 6.97. The SMILES string of the molecule is CCc1oc2ccccc2c1CN(C)Cn1nnc2ccccc2c1=S. The number of para-hydroxylation sites is 1. The van der Waals surface area contributed by atoms with E-state index in [9.17, 15) is 0 Å². The van der Waals surface area contributed by atoms with Gasteiger partial charge in [-0.2, -0.15) is 0 Å². The predicted octanol–water partition coefficient (Wildman–Crippen LogP) is 4.56. The molecule has 0 atom stereocenters. The number of aromatic nitrogens is 3. The highest BCUT2D eigenvalue weighted by Crippen LogP contribution is 2.27. The Balaban J connectivity index is 1.63. The molecule has 0 saturated heterocycles. The molecule has 2 aromatic carbocycles. The van der Waals surface area contributed by atoms with E-state index in [2.05, 4.69) is 35.2 Å². The highest BCUT2D eigenvalue weighted by Gasteiger charge is 2.15. The van der Waals surface area contributed by atoms with Gasteiger partial charge in [0.05, 0.1) is 12.2 Å². The maximum Gasteiger partial charge on any atom is 0.135 e. The first-order valence-electron chi connectivity index (χ1n) is 8.67. The van der Waals surface area contributed by atoms with Gasteiger partial charge >= 0.3 is 0 Å². The Morgan fingerprint density at radius 1 is 1.08 bits per heavy atom. The lowest BCUT2D eigenvalue weighted by Crippen LogP contribution is -2.24. The van der Waals surface area contributed by atoms with Crippen molar-refractivity contribution in [2.24, 2.45) is 0 Å². The number of nitrogens with zero attached hydrogens (tertiary/aromatic N) is 4. The lowest BCUT2D eigenvalue weighted by Gasteiger charge is -2.18. The van der Waals surface area contributed by atoms with Crippen LogP contribution in [0.3, 0.4) is 0 Å². The van der Waals surface area contributed by atoms with Crippen LogP contribution >= 0.6 is 12.2 Å². The highest BCUT2D eigenvalue weighted by molar-refractivity contribution is 7.71. The van der Waals surface area contributed by atoms with Gasteiger partial charge in [-0.25, -0.2) is 4.68 Å². The molecule has 0 aliphatic rings. The van der Waals surface area contributed by atoms with E-state index in [1.165, 1.54) is 10.9 Å². The first-order valence-corrected chi connectivity index (χ1v) is 9.08. The highest BCUT2D eigenvalue weighted by atomic mass is 32.1. The van der Waals surface area contributed by atoms with E-state index in [1.54, 1.807) is 4.68 Å². The van der Waals surface area contributed by atoms with Crippen LogP contribution in [0.15, 0.2) is 52.9 Å². The molecule has 0 unspecified atom stereocenters. The second-order valence-electron chi connectivity index (χ2n) is 6.42. The van der Waals surface area contributed by atoms with Crippen molar-refractivity contribution < 1.29 is 4.42 Å². The maximum atomic E-state index is 6.00. The van der Waals surface area contributed by atoms with E-state index in [1.807, 2.05) is 42.5 Å². The van der Waals surface area contributed by atoms with E-state index in [0.29, 0.717) is 11.3 Å². The third kappa shape index (κ3) is 3.02. The number of rotatable bonds is 5. The summed E-state index contributed by atoms with van der Waals surface area (Å²) in [7, 11) is 2.06. The summed E-state index contributed by atoms with van der Waals surface area (Å²) >= 11 is 5.60. The summed E-state index contributed by atoms with van der Waals surface area (Å²) in [5.74, 6) is 1.03. The molecule has 0 radical (unpaired) electrons. The molecule has 0 aliphatic heterocycles. The molecule has 26 heavy (non-hydrogen) atoms. The standard InChI is InChI=1S/C20H20N4OS/c1-3-18-16(14-8-5-7-11-19(14)25-18)12-23(2)13-24-20(26)15-9-4-6-10-17(15)21-22-24/h4-11H,3,12-13H2,1-2H3. The molecule has 0 fully saturated rings. The van der Waals surface area contributed by atoms with E-state index in [4.69, 9.17) is 16.6 Å². The Labute approximate surface area is 156 Å². The molecule has 4 aromatic rings. The molecule has 2 heterocycles. The summed E-state index contributed by atoms with van der Waals surface area (Å²) in [5.41, 5.74) is 2.99. The average molecular weight is 364 g/mol. The number of aryl methyl sites for hydroxylation is 1. The Bertz CT molecular complexity index is 1130. The van der Waals surface area contributed by atoms with Crippen LogP contribution in [0.1, 0.15) is 18.2 Å². The molecule has 0 amide bonds. The van der Waals surface area contributed by atoms with Crippen molar-refractivity contribution >= 4 is 34.1 Å². The lowest BCUT2D eigenvalue weighted by atomic mass is 10.1. The van der Waals surface area contributed by atoms with Gasteiger partial charge in [-0.05, 0) is 25.2 Å². The third-order valence-electron chi connectivity index (χ3n) is 4.54. The van der Waals surface area contributed by atoms with Gasteiger partial charge in [-0.15, -0.1) is 5.10 Å². The van der Waals surface area contributed by atoms with Crippen LogP contribution in [0.5, 0.6) is 0 Å². The first kappa shape index (κ1) is 16.9. The fourth-order valence-electron chi connectivity index (χ4n) is 3.27. The fraction of sp³-hybridized carbons (Fsp3) is 0.250. The summed E-state index contributed by atoms with van der Waals surface area (Å²) in [6.07, 6.45) is 0.868. The Hall–Kier alpha value is -2.57. The largest absolute Gasteiger partial charge is 0.461 e. The normalized spacial score (nSPS) is 11.7. The van der Waals surface area contributed by atoms with Crippen LogP contribution in [0.2, 0.25) is 0 Å². The van der Waals surface area contributed by atoms with Crippen molar-refractivity contribution in [2.75, 3.05) is 7.05 Å². The van der Waals surface area contributed by atoms with Crippen molar-refractivity contribution in [3.8, 4) is 0 Å². The molecule has 2 aromatic heterocycles. The summed E-state index contributed by atoms with van der Waals surface area (Å²) in [6, 6.07) is 16.0. The number of hydrogen-bond acceptors (Lipinski definition) is 5. The number of benzene rings is 2. The topological polar surface area (TPSA) is 47.1 Å². The summed E-state index contributed by atoms with van der Waals surface area (Å²) in [5, 5.41) is 10.7. The number of fused-ring (bicyclic) bond motifs is 2. The Morgan fingerprint density at radius 2 is 1.81 bits per heavy atom. The molecular weight excluding hydrogens is 344 g/mol. The third-order valence-corrected chi connectivity index (χ3v) is 4.97. The van der Waals surface area contributed by atoms with E-state index in [0.717, 1.165) is 35.2 Å². The minimum Gasteiger partial charge on any atom is -0.461 e. The van der Waals surface area contributed by atoms with Gasteiger partial charge in [0.1, 0.15) is 16.0 Å². The Kier molecular flexibility index (Phi) is 4.53. The van der Waals surface area contributed by atoms with Gasteiger partial charge in [0.2, 0.25) is 0 Å². The van der Waals surface area contributed by atoms with Crippen molar-refractivity contribution in [1.29, 1.82) is 0 Å². The molecular formula is C20H20N4OS. The molecule has 0 saturated carbocycles. The quantitative estimate of drug-likeness (QED) is 0.486. The van der Waals surface area contributed by atoms with E-state index >= 15 is 0 Å². The van der Waals surface area contributed by atoms with E-state index < -0.39 is 0 Å². The molecule has 0 bridgehead atoms. The van der Waals surface area contributed by atoms with Crippen molar-refractivity contribution in [3.63, 3.8) is 0 Å². The lowest BCUT2D eigenvalue weighted by molar-refractivity contribution is 0.238. The number of hydrogen-bond donors (Lipinski definition) is 0. The van der Waals surface area contributed by atoms with Gasteiger partial charge < -0.3 is 4.42 Å². The maximum absolute atomic E-state index is 6.00. The molecule has 5 nitrogen and oxygen atoms in total. The van der Waals surface area contributed by atoms with Crippen LogP contribution in [0.25, 0.3) is 21.9 Å². The van der Waals surface area contributed by atoms with Crippen LogP contribution < -0.4 is 0 Å². The van der Waals surface area contributed by atoms with Crippen molar-refractivity contribution in [1.82, 2.24) is 19.9 Å². The average Bonchev–Trinajstić information content (AvgIpc) is 3.02. The zero-order valence-corrected chi connectivity index (χ0v) is 15.7.